The minimum atomic E-state index is -1.81. The molecular formula is C8H22O3PSi2+. The molecule has 0 aromatic heterocycles. The van der Waals surface area contributed by atoms with E-state index < -0.39 is 26.3 Å². The molecule has 0 amide bonds. The Labute approximate surface area is 91.6 Å². The molecule has 0 atom stereocenters. The van der Waals surface area contributed by atoms with E-state index >= 15 is 0 Å². The standard InChI is InChI=1S/C8H22O3PSi2/c1-5-13(6-2)10-12(9)11-14(7-3)8-4/h13-14H,5-8H2,1-4H3/q+1. The quantitative estimate of drug-likeness (QED) is 0.492. The van der Waals surface area contributed by atoms with Crippen LogP contribution in [0.3, 0.4) is 0 Å². The summed E-state index contributed by atoms with van der Waals surface area (Å²) in [6.45, 7) is 8.38. The molecule has 0 saturated carbocycles. The van der Waals surface area contributed by atoms with Crippen molar-refractivity contribution in [1.82, 2.24) is 0 Å². The molecule has 0 heterocycles. The van der Waals surface area contributed by atoms with Crippen molar-refractivity contribution in [3.63, 3.8) is 0 Å². The van der Waals surface area contributed by atoms with Gasteiger partial charge in [-0.15, -0.1) is 0 Å². The lowest BCUT2D eigenvalue weighted by Gasteiger charge is -2.04. The highest BCUT2D eigenvalue weighted by Gasteiger charge is 2.29. The molecule has 3 nitrogen and oxygen atoms in total. The lowest BCUT2D eigenvalue weighted by atomic mass is 11.0. The molecule has 0 aliphatic carbocycles. The van der Waals surface area contributed by atoms with Crippen LogP contribution >= 0.6 is 8.25 Å². The Morgan fingerprint density at radius 3 is 1.36 bits per heavy atom. The van der Waals surface area contributed by atoms with Gasteiger partial charge in [0.05, 0.1) is 0 Å². The van der Waals surface area contributed by atoms with Gasteiger partial charge in [-0.1, -0.05) is 27.7 Å². The summed E-state index contributed by atoms with van der Waals surface area (Å²) >= 11 is 0. The van der Waals surface area contributed by atoms with E-state index in [1.807, 2.05) is 0 Å². The average Bonchev–Trinajstić information content (AvgIpc) is 2.22. The van der Waals surface area contributed by atoms with Gasteiger partial charge in [-0.25, -0.2) is 0 Å². The van der Waals surface area contributed by atoms with Gasteiger partial charge in [0.25, 0.3) is 18.1 Å². The van der Waals surface area contributed by atoms with Gasteiger partial charge in [-0.2, -0.15) is 8.43 Å². The van der Waals surface area contributed by atoms with Gasteiger partial charge >= 0.3 is 8.25 Å². The first-order chi connectivity index (χ1) is 6.67. The molecule has 14 heavy (non-hydrogen) atoms. The molecule has 84 valence electrons. The fraction of sp³-hybridized carbons (Fsp3) is 1.00. The average molecular weight is 253 g/mol. The van der Waals surface area contributed by atoms with Crippen LogP contribution in [0.1, 0.15) is 27.7 Å². The normalized spacial score (nSPS) is 11.3. The van der Waals surface area contributed by atoms with E-state index in [0.717, 1.165) is 24.2 Å². The van der Waals surface area contributed by atoms with Crippen LogP contribution in [-0.2, 0) is 13.0 Å². The van der Waals surface area contributed by atoms with E-state index in [4.69, 9.17) is 8.43 Å². The van der Waals surface area contributed by atoms with Crippen LogP contribution in [0.15, 0.2) is 0 Å². The van der Waals surface area contributed by atoms with Crippen molar-refractivity contribution in [2.45, 2.75) is 51.9 Å². The van der Waals surface area contributed by atoms with E-state index in [-0.39, 0.29) is 0 Å². The minimum absolute atomic E-state index is 1.03. The number of hydrogen-bond acceptors (Lipinski definition) is 3. The molecule has 0 radical (unpaired) electrons. The van der Waals surface area contributed by atoms with Crippen molar-refractivity contribution in [3.05, 3.63) is 0 Å². The zero-order chi connectivity index (χ0) is 11.0. The lowest BCUT2D eigenvalue weighted by Crippen LogP contribution is -2.15. The van der Waals surface area contributed by atoms with Gasteiger partial charge in [-0.3, -0.25) is 0 Å². The molecule has 0 N–H and O–H groups in total. The third-order valence-electron chi connectivity index (χ3n) is 2.29. The minimum Gasteiger partial charge on any atom is -0.180 e. The summed E-state index contributed by atoms with van der Waals surface area (Å²) in [5.41, 5.74) is 0. The van der Waals surface area contributed by atoms with Gasteiger partial charge in [0.2, 0.25) is 0 Å². The van der Waals surface area contributed by atoms with Crippen LogP contribution in [0, 0.1) is 0 Å². The van der Waals surface area contributed by atoms with Crippen molar-refractivity contribution >= 4 is 26.3 Å². The summed E-state index contributed by atoms with van der Waals surface area (Å²) < 4.78 is 22.4. The van der Waals surface area contributed by atoms with Crippen LogP contribution in [0.2, 0.25) is 24.2 Å². The van der Waals surface area contributed by atoms with Gasteiger partial charge < -0.3 is 0 Å². The smallest absolute Gasteiger partial charge is 0.180 e. The van der Waals surface area contributed by atoms with E-state index in [0.29, 0.717) is 0 Å². The fourth-order valence-electron chi connectivity index (χ4n) is 1.14. The van der Waals surface area contributed by atoms with Crippen molar-refractivity contribution in [2.24, 2.45) is 0 Å². The summed E-state index contributed by atoms with van der Waals surface area (Å²) in [4.78, 5) is 0. The maximum atomic E-state index is 11.5. The summed E-state index contributed by atoms with van der Waals surface area (Å²) in [6.07, 6.45) is 0. The third kappa shape index (κ3) is 6.03. The van der Waals surface area contributed by atoms with Crippen molar-refractivity contribution < 1.29 is 13.0 Å². The summed E-state index contributed by atoms with van der Waals surface area (Å²) in [7, 11) is -4.24. The van der Waals surface area contributed by atoms with Crippen molar-refractivity contribution in [1.29, 1.82) is 0 Å². The Hall–Kier alpha value is 0.454. The van der Waals surface area contributed by atoms with Crippen molar-refractivity contribution in [2.75, 3.05) is 0 Å². The first-order valence-corrected chi connectivity index (χ1v) is 10.8. The second-order valence-electron chi connectivity index (χ2n) is 3.31. The zero-order valence-corrected chi connectivity index (χ0v) is 12.9. The first kappa shape index (κ1) is 14.5. The molecule has 0 saturated heterocycles. The Balaban J connectivity index is 3.83. The van der Waals surface area contributed by atoms with E-state index in [2.05, 4.69) is 27.7 Å². The van der Waals surface area contributed by atoms with Gasteiger partial charge in [0, 0.05) is 4.57 Å². The highest BCUT2D eigenvalue weighted by atomic mass is 31.1. The van der Waals surface area contributed by atoms with Crippen LogP contribution in [-0.4, -0.2) is 18.1 Å². The molecule has 0 bridgehead atoms. The highest BCUT2D eigenvalue weighted by molar-refractivity contribution is 7.37. The van der Waals surface area contributed by atoms with E-state index in [9.17, 15) is 4.57 Å². The summed E-state index contributed by atoms with van der Waals surface area (Å²) in [5.74, 6) is 0. The van der Waals surface area contributed by atoms with Crippen LogP contribution in [0.5, 0.6) is 0 Å². The second kappa shape index (κ2) is 8.74. The van der Waals surface area contributed by atoms with Crippen LogP contribution in [0.4, 0.5) is 0 Å². The molecule has 0 aromatic rings. The molecule has 0 fully saturated rings. The van der Waals surface area contributed by atoms with Gasteiger partial charge in [0.1, 0.15) is 0 Å². The first-order valence-electron chi connectivity index (χ1n) is 5.48. The topological polar surface area (TPSA) is 35.5 Å². The molecule has 0 rings (SSSR count). The largest absolute Gasteiger partial charge is 0.672 e. The summed E-state index contributed by atoms with van der Waals surface area (Å²) in [5, 5.41) is 0. The van der Waals surface area contributed by atoms with E-state index in [1.54, 1.807) is 0 Å². The maximum Gasteiger partial charge on any atom is 0.672 e. The second-order valence-corrected chi connectivity index (χ2v) is 11.2. The summed E-state index contributed by atoms with van der Waals surface area (Å²) in [6, 6.07) is 4.13. The predicted molar refractivity (Wildman–Crippen MR) is 66.0 cm³/mol. The number of hydrogen-bond donors (Lipinski definition) is 0. The van der Waals surface area contributed by atoms with Gasteiger partial charge in [0.15, 0.2) is 0 Å². The highest BCUT2D eigenvalue weighted by Crippen LogP contribution is 2.29. The molecule has 0 unspecified atom stereocenters. The monoisotopic (exact) mass is 253 g/mol. The van der Waals surface area contributed by atoms with Crippen molar-refractivity contribution in [3.8, 4) is 0 Å². The van der Waals surface area contributed by atoms with E-state index in [1.165, 1.54) is 0 Å². The maximum absolute atomic E-state index is 11.5. The molecule has 0 aliphatic heterocycles. The Bertz CT molecular complexity index is 145. The predicted octanol–water partition coefficient (Wildman–Crippen LogP) is 3.20. The van der Waals surface area contributed by atoms with Gasteiger partial charge in [-0.05, 0) is 24.2 Å². The molecule has 6 heteroatoms. The molecular weight excluding hydrogens is 231 g/mol. The lowest BCUT2D eigenvalue weighted by molar-refractivity contribution is 0.419. The third-order valence-corrected chi connectivity index (χ3v) is 9.70. The Morgan fingerprint density at radius 2 is 1.14 bits per heavy atom. The Kier molecular flexibility index (Phi) is 9.02. The number of rotatable bonds is 8. The SMILES string of the molecule is CC[SiH](CC)O[P+](=O)O[SiH](CC)CC. The molecule has 0 aliphatic rings. The van der Waals surface area contributed by atoms with Crippen LogP contribution < -0.4 is 0 Å². The Morgan fingerprint density at radius 1 is 0.857 bits per heavy atom. The van der Waals surface area contributed by atoms with Crippen LogP contribution in [0.25, 0.3) is 0 Å². The fourth-order valence-corrected chi connectivity index (χ4v) is 7.28. The molecule has 0 aromatic carbocycles. The zero-order valence-electron chi connectivity index (χ0n) is 9.66. The molecule has 0 spiro atoms.